The molecule has 5 heteroatoms. The lowest BCUT2D eigenvalue weighted by Gasteiger charge is -2.17. The second kappa shape index (κ2) is 6.34. The zero-order valence-electron chi connectivity index (χ0n) is 9.54. The lowest BCUT2D eigenvalue weighted by molar-refractivity contribution is 0.00414. The molecule has 3 N–H and O–H groups in total. The van der Waals surface area contributed by atoms with Gasteiger partial charge in [-0.15, -0.1) is 0 Å². The van der Waals surface area contributed by atoms with Gasteiger partial charge in [0.1, 0.15) is 6.10 Å². The lowest BCUT2D eigenvalue weighted by Crippen LogP contribution is -2.19. The summed E-state index contributed by atoms with van der Waals surface area (Å²) in [6.45, 7) is -0.213. The van der Waals surface area contributed by atoms with Crippen LogP contribution in [-0.4, -0.2) is 41.1 Å². The van der Waals surface area contributed by atoms with Crippen LogP contribution in [0.1, 0.15) is 28.4 Å². The number of carbonyl (C=O) groups is 1. The third-order valence-electron chi connectivity index (χ3n) is 2.44. The molecule has 1 rings (SSSR count). The van der Waals surface area contributed by atoms with Crippen molar-refractivity contribution < 1.29 is 24.9 Å². The second-order valence-corrected chi connectivity index (χ2v) is 3.64. The summed E-state index contributed by atoms with van der Waals surface area (Å²) in [7, 11) is 1.27. The van der Waals surface area contributed by atoms with Crippen LogP contribution in [-0.2, 0) is 4.74 Å². The molecular formula is C12H16O5. The van der Waals surface area contributed by atoms with Crippen molar-refractivity contribution in [2.45, 2.75) is 18.6 Å². The van der Waals surface area contributed by atoms with Gasteiger partial charge in [0, 0.05) is 6.61 Å². The zero-order valence-corrected chi connectivity index (χ0v) is 9.54. The molecule has 5 nitrogen and oxygen atoms in total. The summed E-state index contributed by atoms with van der Waals surface area (Å²) < 4.78 is 4.56. The fraction of sp³-hybridized carbons (Fsp3) is 0.417. The van der Waals surface area contributed by atoms with E-state index in [0.717, 1.165) is 0 Å². The lowest BCUT2D eigenvalue weighted by atomic mass is 10.0. The quantitative estimate of drug-likeness (QED) is 0.642. The monoisotopic (exact) mass is 240 g/mol. The molecular weight excluding hydrogens is 224 g/mol. The minimum absolute atomic E-state index is 0.0730. The Kier molecular flexibility index (Phi) is 5.09. The average molecular weight is 240 g/mol. The highest BCUT2D eigenvalue weighted by Crippen LogP contribution is 2.20. The molecule has 94 valence electrons. The second-order valence-electron chi connectivity index (χ2n) is 3.64. The van der Waals surface area contributed by atoms with Gasteiger partial charge in [-0.05, 0) is 24.1 Å². The number of methoxy groups -OCH3 is 1. The number of benzene rings is 1. The average Bonchev–Trinajstić information content (AvgIpc) is 2.37. The molecule has 0 aliphatic heterocycles. The van der Waals surface area contributed by atoms with E-state index in [0.29, 0.717) is 11.1 Å². The Morgan fingerprint density at radius 2 is 2.12 bits per heavy atom. The summed E-state index contributed by atoms with van der Waals surface area (Å²) in [5, 5.41) is 28.0. The number of esters is 1. The van der Waals surface area contributed by atoms with Gasteiger partial charge in [0.15, 0.2) is 0 Å². The highest BCUT2D eigenvalue weighted by atomic mass is 16.5. The number of hydrogen-bond donors (Lipinski definition) is 3. The first-order valence-corrected chi connectivity index (χ1v) is 5.25. The maximum absolute atomic E-state index is 11.3. The molecule has 17 heavy (non-hydrogen) atoms. The van der Waals surface area contributed by atoms with E-state index < -0.39 is 18.2 Å². The van der Waals surface area contributed by atoms with Gasteiger partial charge in [-0.3, -0.25) is 0 Å². The van der Waals surface area contributed by atoms with Crippen molar-refractivity contribution in [3.05, 3.63) is 35.4 Å². The fourth-order valence-electron chi connectivity index (χ4n) is 1.48. The van der Waals surface area contributed by atoms with Crippen LogP contribution in [0.2, 0.25) is 0 Å². The van der Waals surface area contributed by atoms with Gasteiger partial charge in [-0.2, -0.15) is 0 Å². The Morgan fingerprint density at radius 1 is 1.41 bits per heavy atom. The molecule has 0 heterocycles. The third-order valence-corrected chi connectivity index (χ3v) is 2.44. The van der Waals surface area contributed by atoms with Crippen LogP contribution < -0.4 is 0 Å². The largest absolute Gasteiger partial charge is 0.465 e. The molecule has 0 bridgehead atoms. The van der Waals surface area contributed by atoms with E-state index in [4.69, 9.17) is 5.11 Å². The van der Waals surface area contributed by atoms with Crippen molar-refractivity contribution in [3.8, 4) is 0 Å². The molecule has 0 aliphatic carbocycles. The van der Waals surface area contributed by atoms with Crippen LogP contribution in [0.3, 0.4) is 0 Å². The smallest absolute Gasteiger partial charge is 0.337 e. The summed E-state index contributed by atoms with van der Waals surface area (Å²) in [4.78, 5) is 11.3. The zero-order chi connectivity index (χ0) is 12.8. The first-order valence-electron chi connectivity index (χ1n) is 5.25. The van der Waals surface area contributed by atoms with Crippen molar-refractivity contribution >= 4 is 5.97 Å². The normalized spacial score (nSPS) is 14.1. The number of ether oxygens (including phenoxy) is 1. The maximum atomic E-state index is 11.3. The van der Waals surface area contributed by atoms with Crippen LogP contribution in [0.25, 0.3) is 0 Å². The van der Waals surface area contributed by atoms with Gasteiger partial charge >= 0.3 is 5.97 Å². The standard InChI is InChI=1S/C12H16O5/c1-17-12(16)9-4-2-3-8(7-9)11(15)10(14)5-6-13/h2-4,7,10-11,13-15H,5-6H2,1H3. The van der Waals surface area contributed by atoms with Crippen molar-refractivity contribution in [2.24, 2.45) is 0 Å². The van der Waals surface area contributed by atoms with Crippen LogP contribution >= 0.6 is 0 Å². The molecule has 0 fully saturated rings. The van der Waals surface area contributed by atoms with E-state index >= 15 is 0 Å². The highest BCUT2D eigenvalue weighted by molar-refractivity contribution is 5.89. The van der Waals surface area contributed by atoms with Gasteiger partial charge in [-0.1, -0.05) is 12.1 Å². The highest BCUT2D eigenvalue weighted by Gasteiger charge is 2.18. The fourth-order valence-corrected chi connectivity index (χ4v) is 1.48. The van der Waals surface area contributed by atoms with E-state index in [-0.39, 0.29) is 13.0 Å². The van der Waals surface area contributed by atoms with E-state index in [1.807, 2.05) is 0 Å². The number of hydrogen-bond acceptors (Lipinski definition) is 5. The van der Waals surface area contributed by atoms with Gasteiger partial charge < -0.3 is 20.1 Å². The molecule has 1 aromatic carbocycles. The van der Waals surface area contributed by atoms with Gasteiger partial charge in [0.05, 0.1) is 18.8 Å². The van der Waals surface area contributed by atoms with Crippen LogP contribution in [0.4, 0.5) is 0 Å². The first kappa shape index (κ1) is 13.6. The molecule has 0 aliphatic rings. The Bertz CT molecular complexity index is 377. The first-order chi connectivity index (χ1) is 8.10. The van der Waals surface area contributed by atoms with E-state index in [9.17, 15) is 15.0 Å². The number of carbonyl (C=O) groups excluding carboxylic acids is 1. The van der Waals surface area contributed by atoms with Gasteiger partial charge in [0.2, 0.25) is 0 Å². The number of aliphatic hydroxyl groups excluding tert-OH is 3. The molecule has 2 atom stereocenters. The number of aliphatic hydroxyl groups is 3. The summed E-state index contributed by atoms with van der Waals surface area (Å²) in [5.41, 5.74) is 0.717. The van der Waals surface area contributed by atoms with Gasteiger partial charge in [-0.25, -0.2) is 4.79 Å². The SMILES string of the molecule is COC(=O)c1cccc(C(O)C(O)CCO)c1. The topological polar surface area (TPSA) is 87.0 Å². The molecule has 0 saturated carbocycles. The summed E-state index contributed by atoms with van der Waals surface area (Å²) in [5.74, 6) is -0.504. The Hall–Kier alpha value is -1.43. The molecule has 0 radical (unpaired) electrons. The Labute approximate surface area is 99.3 Å². The molecule has 0 amide bonds. The molecule has 2 unspecified atom stereocenters. The van der Waals surface area contributed by atoms with E-state index in [1.165, 1.54) is 13.2 Å². The van der Waals surface area contributed by atoms with Crippen molar-refractivity contribution in [1.82, 2.24) is 0 Å². The molecule has 0 saturated heterocycles. The predicted molar refractivity (Wildman–Crippen MR) is 60.5 cm³/mol. The maximum Gasteiger partial charge on any atom is 0.337 e. The van der Waals surface area contributed by atoms with Crippen LogP contribution in [0, 0.1) is 0 Å². The van der Waals surface area contributed by atoms with Crippen LogP contribution in [0.5, 0.6) is 0 Å². The van der Waals surface area contributed by atoms with E-state index in [2.05, 4.69) is 4.74 Å². The summed E-state index contributed by atoms with van der Waals surface area (Å²) >= 11 is 0. The number of rotatable bonds is 5. The predicted octanol–water partition coefficient (Wildman–Crippen LogP) is 0.250. The van der Waals surface area contributed by atoms with Crippen molar-refractivity contribution in [1.29, 1.82) is 0 Å². The Balaban J connectivity index is 2.87. The Morgan fingerprint density at radius 3 is 2.71 bits per heavy atom. The molecule has 1 aromatic rings. The minimum Gasteiger partial charge on any atom is -0.465 e. The molecule has 0 spiro atoms. The third kappa shape index (κ3) is 3.52. The van der Waals surface area contributed by atoms with Crippen molar-refractivity contribution in [3.63, 3.8) is 0 Å². The minimum atomic E-state index is -1.13. The van der Waals surface area contributed by atoms with E-state index in [1.54, 1.807) is 18.2 Å². The van der Waals surface area contributed by atoms with Crippen LogP contribution in [0.15, 0.2) is 24.3 Å². The van der Waals surface area contributed by atoms with Gasteiger partial charge in [0.25, 0.3) is 0 Å². The van der Waals surface area contributed by atoms with Crippen molar-refractivity contribution in [2.75, 3.05) is 13.7 Å². The summed E-state index contributed by atoms with van der Waals surface area (Å²) in [6, 6.07) is 6.20. The summed E-state index contributed by atoms with van der Waals surface area (Å²) in [6.07, 6.45) is -2.12. The molecule has 0 aromatic heterocycles.